The first kappa shape index (κ1) is 36.3. The highest BCUT2D eigenvalue weighted by Crippen LogP contribution is 2.17. The van der Waals surface area contributed by atoms with E-state index in [0.29, 0.717) is 38.8 Å². The summed E-state index contributed by atoms with van der Waals surface area (Å²) in [6.45, 7) is 12.6. The van der Waals surface area contributed by atoms with Crippen molar-refractivity contribution in [2.75, 3.05) is 33.3 Å². The van der Waals surface area contributed by atoms with E-state index in [0.717, 1.165) is 11.1 Å². The number of ether oxygens (including phenoxy) is 3. The minimum atomic E-state index is -0.936. The lowest BCUT2D eigenvalue weighted by atomic mass is 9.97. The summed E-state index contributed by atoms with van der Waals surface area (Å²) < 4.78 is 15.5. The van der Waals surface area contributed by atoms with Crippen LogP contribution in [0.1, 0.15) is 65.4 Å². The average molecular weight is 590 g/mol. The van der Waals surface area contributed by atoms with E-state index in [4.69, 9.17) is 9.47 Å². The van der Waals surface area contributed by atoms with Gasteiger partial charge in [-0.2, -0.15) is 0 Å². The number of methoxy groups -OCH3 is 1. The van der Waals surface area contributed by atoms with Gasteiger partial charge in [0.05, 0.1) is 13.7 Å². The van der Waals surface area contributed by atoms with Gasteiger partial charge in [-0.25, -0.2) is 4.79 Å². The largest absolute Gasteiger partial charge is 0.469 e. The van der Waals surface area contributed by atoms with Crippen molar-refractivity contribution >= 4 is 30.2 Å². The van der Waals surface area contributed by atoms with Crippen molar-refractivity contribution in [1.29, 1.82) is 0 Å². The molecule has 0 aliphatic rings. The molecular formula is C31H47N3O8. The van der Waals surface area contributed by atoms with Gasteiger partial charge in [-0.15, -0.1) is 0 Å². The molecule has 42 heavy (non-hydrogen) atoms. The van der Waals surface area contributed by atoms with Gasteiger partial charge in [0.1, 0.15) is 18.2 Å². The molecule has 0 spiro atoms. The zero-order chi connectivity index (χ0) is 31.5. The van der Waals surface area contributed by atoms with Gasteiger partial charge in [0.2, 0.25) is 12.3 Å². The monoisotopic (exact) mass is 589 g/mol. The summed E-state index contributed by atoms with van der Waals surface area (Å²) in [6.07, 6.45) is 2.06. The second-order valence-electron chi connectivity index (χ2n) is 11.1. The van der Waals surface area contributed by atoms with E-state index in [1.807, 2.05) is 42.2 Å². The number of benzene rings is 1. The van der Waals surface area contributed by atoms with Crippen LogP contribution in [0.3, 0.4) is 0 Å². The van der Waals surface area contributed by atoms with Crippen LogP contribution in [0.2, 0.25) is 0 Å². The summed E-state index contributed by atoms with van der Waals surface area (Å²) in [5.74, 6) is -1.56. The fourth-order valence-corrected chi connectivity index (χ4v) is 3.97. The summed E-state index contributed by atoms with van der Waals surface area (Å²) in [5.41, 5.74) is 1.10. The third kappa shape index (κ3) is 16.5. The quantitative estimate of drug-likeness (QED) is 0.102. The van der Waals surface area contributed by atoms with Crippen molar-refractivity contribution in [1.82, 2.24) is 15.5 Å². The Bertz CT molecular complexity index is 1020. The molecule has 0 bridgehead atoms. The Morgan fingerprint density at radius 1 is 1.05 bits per heavy atom. The summed E-state index contributed by atoms with van der Waals surface area (Å²) >= 11 is 0. The Hall–Kier alpha value is -3.73. The van der Waals surface area contributed by atoms with Crippen molar-refractivity contribution in [3.05, 3.63) is 48.0 Å². The van der Waals surface area contributed by atoms with Crippen LogP contribution in [0.25, 0.3) is 0 Å². The van der Waals surface area contributed by atoms with Gasteiger partial charge in [0, 0.05) is 32.5 Å². The molecule has 11 nitrogen and oxygen atoms in total. The van der Waals surface area contributed by atoms with Crippen LogP contribution in [0.4, 0.5) is 0 Å². The molecule has 1 aromatic carbocycles. The number of amides is 2. The van der Waals surface area contributed by atoms with Crippen LogP contribution in [0, 0.1) is 5.92 Å². The Balaban J connectivity index is 2.68. The molecule has 2 atom stereocenters. The Morgan fingerprint density at radius 2 is 1.74 bits per heavy atom. The summed E-state index contributed by atoms with van der Waals surface area (Å²) in [5, 5.41) is 5.22. The maximum Gasteiger partial charge on any atom is 0.329 e. The molecule has 2 N–H and O–H groups in total. The number of nitrogens with zero attached hydrogens (tertiary/aromatic N) is 1. The smallest absolute Gasteiger partial charge is 0.329 e. The number of hydrogen-bond acceptors (Lipinski definition) is 9. The fourth-order valence-electron chi connectivity index (χ4n) is 3.97. The van der Waals surface area contributed by atoms with Crippen LogP contribution >= 0.6 is 0 Å². The number of carbonyl (C=O) groups excluding carboxylic acids is 5. The normalized spacial score (nSPS) is 12.5. The van der Waals surface area contributed by atoms with Gasteiger partial charge >= 0.3 is 17.9 Å². The minimum Gasteiger partial charge on any atom is -0.469 e. The maximum atomic E-state index is 12.7. The number of carbonyl (C=O) groups is 5. The molecule has 1 rings (SSSR count). The standard InChI is InChI=1S/C31H47N3O8/c1-23(11-10-14-28(37)40-6)24(2)19-34(20-29(38)41-21-25-12-8-7-9-13-25)18-17-32-27(36)16-15-26(33-22-35)30(39)42-31(3,4)5/h7-9,12-13,22,24,26H,1,10-11,14-21H2,2-6H3,(H,32,36)(H,33,35)/t24?,26-/m0/s1. The van der Waals surface area contributed by atoms with E-state index in [2.05, 4.69) is 21.9 Å². The number of rotatable bonds is 20. The van der Waals surface area contributed by atoms with E-state index in [1.54, 1.807) is 20.8 Å². The molecule has 0 saturated carbocycles. The number of hydrogen-bond donors (Lipinski definition) is 2. The second kappa shape index (κ2) is 19.4. The third-order valence-corrected chi connectivity index (χ3v) is 6.30. The number of esters is 3. The van der Waals surface area contributed by atoms with Gasteiger partial charge in [-0.1, -0.05) is 49.4 Å². The molecule has 1 unspecified atom stereocenters. The highest BCUT2D eigenvalue weighted by atomic mass is 16.6. The molecule has 0 aromatic heterocycles. The lowest BCUT2D eigenvalue weighted by molar-refractivity contribution is -0.158. The zero-order valence-electron chi connectivity index (χ0n) is 25.6. The lowest BCUT2D eigenvalue weighted by Crippen LogP contribution is -2.42. The van der Waals surface area contributed by atoms with Crippen LogP contribution < -0.4 is 10.6 Å². The van der Waals surface area contributed by atoms with Crippen LogP contribution in [-0.2, 0) is 44.8 Å². The molecule has 1 aromatic rings. The molecule has 234 valence electrons. The second-order valence-corrected chi connectivity index (χ2v) is 11.1. The Labute approximate surface area is 249 Å². The van der Waals surface area contributed by atoms with E-state index >= 15 is 0 Å². The van der Waals surface area contributed by atoms with Gasteiger partial charge < -0.3 is 24.8 Å². The van der Waals surface area contributed by atoms with E-state index < -0.39 is 23.6 Å². The van der Waals surface area contributed by atoms with Gasteiger partial charge in [0.15, 0.2) is 0 Å². The Kier molecular flexibility index (Phi) is 16.8. The van der Waals surface area contributed by atoms with Gasteiger partial charge in [-0.05, 0) is 51.5 Å². The topological polar surface area (TPSA) is 140 Å². The Morgan fingerprint density at radius 3 is 2.36 bits per heavy atom. The van der Waals surface area contributed by atoms with Crippen molar-refractivity contribution in [2.45, 2.75) is 78.0 Å². The molecule has 0 radical (unpaired) electrons. The fraction of sp³-hybridized carbons (Fsp3) is 0.581. The van der Waals surface area contributed by atoms with Crippen LogP contribution in [0.5, 0.6) is 0 Å². The predicted molar refractivity (Wildman–Crippen MR) is 158 cm³/mol. The summed E-state index contributed by atoms with van der Waals surface area (Å²) in [6, 6.07) is 8.44. The highest BCUT2D eigenvalue weighted by molar-refractivity contribution is 5.81. The SMILES string of the molecule is C=C(CCCC(=O)OC)C(C)CN(CCNC(=O)CC[C@H](NC=O)C(=O)OC(C)(C)C)CC(=O)OCc1ccccc1. The first-order valence-electron chi connectivity index (χ1n) is 14.2. The van der Waals surface area contributed by atoms with Gasteiger partial charge in [0.25, 0.3) is 0 Å². The zero-order valence-corrected chi connectivity index (χ0v) is 25.6. The van der Waals surface area contributed by atoms with E-state index in [-0.39, 0.29) is 50.3 Å². The van der Waals surface area contributed by atoms with Crippen molar-refractivity contribution in [3.63, 3.8) is 0 Å². The minimum absolute atomic E-state index is 0.00271. The maximum absolute atomic E-state index is 12.7. The molecular weight excluding hydrogens is 542 g/mol. The molecule has 0 aliphatic heterocycles. The van der Waals surface area contributed by atoms with Crippen molar-refractivity contribution in [2.24, 2.45) is 5.92 Å². The van der Waals surface area contributed by atoms with Crippen molar-refractivity contribution in [3.8, 4) is 0 Å². The van der Waals surface area contributed by atoms with Crippen LogP contribution in [-0.4, -0.2) is 80.1 Å². The van der Waals surface area contributed by atoms with E-state index in [9.17, 15) is 24.0 Å². The molecule has 0 heterocycles. The molecule has 11 heteroatoms. The first-order valence-corrected chi connectivity index (χ1v) is 14.2. The third-order valence-electron chi connectivity index (χ3n) is 6.30. The molecule has 0 aliphatic carbocycles. The average Bonchev–Trinajstić information content (AvgIpc) is 2.93. The van der Waals surface area contributed by atoms with Crippen LogP contribution in [0.15, 0.2) is 42.5 Å². The predicted octanol–water partition coefficient (Wildman–Crippen LogP) is 2.92. The summed E-state index contributed by atoms with van der Waals surface area (Å²) in [4.78, 5) is 61.7. The van der Waals surface area contributed by atoms with Gasteiger partial charge in [-0.3, -0.25) is 24.1 Å². The van der Waals surface area contributed by atoms with Crippen molar-refractivity contribution < 1.29 is 38.2 Å². The molecule has 2 amide bonds. The number of nitrogens with one attached hydrogen (secondary N) is 2. The lowest BCUT2D eigenvalue weighted by Gasteiger charge is -2.26. The molecule has 0 fully saturated rings. The van der Waals surface area contributed by atoms with E-state index in [1.165, 1.54) is 7.11 Å². The first-order chi connectivity index (χ1) is 19.8. The highest BCUT2D eigenvalue weighted by Gasteiger charge is 2.25. The summed E-state index contributed by atoms with van der Waals surface area (Å²) in [7, 11) is 1.36. The molecule has 0 saturated heterocycles.